The topological polar surface area (TPSA) is 40.6 Å². The van der Waals surface area contributed by atoms with E-state index in [1.807, 2.05) is 0 Å². The molecular formula is C14H11F6NO3. The van der Waals surface area contributed by atoms with E-state index in [0.717, 1.165) is 12.3 Å². The molecule has 2 rings (SSSR count). The fourth-order valence-corrected chi connectivity index (χ4v) is 2.00. The van der Waals surface area contributed by atoms with Gasteiger partial charge < -0.3 is 14.2 Å². The van der Waals surface area contributed by atoms with Crippen molar-refractivity contribution in [3.05, 3.63) is 24.4 Å². The normalized spacial score (nSPS) is 12.5. The van der Waals surface area contributed by atoms with Crippen molar-refractivity contribution in [3.63, 3.8) is 0 Å². The Morgan fingerprint density at radius 2 is 1.42 bits per heavy atom. The molecular weight excluding hydrogens is 344 g/mol. The molecule has 0 aliphatic rings. The van der Waals surface area contributed by atoms with Crippen LogP contribution in [0.2, 0.25) is 0 Å². The Balaban J connectivity index is 2.56. The zero-order valence-electron chi connectivity index (χ0n) is 12.3. The lowest BCUT2D eigenvalue weighted by Gasteiger charge is -2.24. The van der Waals surface area contributed by atoms with Gasteiger partial charge in [-0.1, -0.05) is 0 Å². The highest BCUT2D eigenvalue weighted by atomic mass is 19.4. The Kier molecular flexibility index (Phi) is 4.68. The summed E-state index contributed by atoms with van der Waals surface area (Å²) in [7, 11) is 2.60. The van der Waals surface area contributed by atoms with E-state index in [4.69, 9.17) is 9.47 Å². The molecule has 24 heavy (non-hydrogen) atoms. The van der Waals surface area contributed by atoms with Crippen molar-refractivity contribution in [2.45, 2.75) is 18.5 Å². The Morgan fingerprint density at radius 3 is 1.92 bits per heavy atom. The maximum atomic E-state index is 12.7. The number of methoxy groups -OCH3 is 2. The molecule has 0 fully saturated rings. The molecule has 1 aromatic carbocycles. The van der Waals surface area contributed by atoms with E-state index in [1.54, 1.807) is 0 Å². The van der Waals surface area contributed by atoms with E-state index < -0.39 is 24.2 Å². The molecule has 1 heterocycles. The van der Waals surface area contributed by atoms with E-state index in [-0.39, 0.29) is 22.4 Å². The summed E-state index contributed by atoms with van der Waals surface area (Å²) in [5, 5.41) is -0.0753. The summed E-state index contributed by atoms with van der Waals surface area (Å²) in [6.07, 6.45) is -14.2. The van der Waals surface area contributed by atoms with Gasteiger partial charge in [-0.2, -0.15) is 26.3 Å². The number of ether oxygens (including phenoxy) is 3. The maximum absolute atomic E-state index is 12.7. The van der Waals surface area contributed by atoms with Crippen LogP contribution in [0.5, 0.6) is 17.2 Å². The molecule has 0 radical (unpaired) electrons. The van der Waals surface area contributed by atoms with Crippen molar-refractivity contribution in [1.82, 2.24) is 4.98 Å². The predicted molar refractivity (Wildman–Crippen MR) is 71.4 cm³/mol. The lowest BCUT2D eigenvalue weighted by atomic mass is 10.1. The average Bonchev–Trinajstić information content (AvgIpc) is 2.48. The van der Waals surface area contributed by atoms with Gasteiger partial charge in [-0.05, 0) is 12.1 Å². The summed E-state index contributed by atoms with van der Waals surface area (Å²) >= 11 is 0. The second kappa shape index (κ2) is 6.25. The average molecular weight is 355 g/mol. The summed E-state index contributed by atoms with van der Waals surface area (Å²) in [6.45, 7) is 0. The Morgan fingerprint density at radius 1 is 0.875 bits per heavy atom. The molecule has 0 aliphatic carbocycles. The van der Waals surface area contributed by atoms with Crippen molar-refractivity contribution in [1.29, 1.82) is 0 Å². The van der Waals surface area contributed by atoms with Gasteiger partial charge in [-0.25, -0.2) is 0 Å². The van der Waals surface area contributed by atoms with Crippen molar-refractivity contribution in [2.75, 3.05) is 14.2 Å². The molecule has 0 amide bonds. The lowest BCUT2D eigenvalue weighted by Crippen LogP contribution is -2.46. The van der Waals surface area contributed by atoms with Crippen LogP contribution < -0.4 is 14.2 Å². The number of hydrogen-bond donors (Lipinski definition) is 0. The summed E-state index contributed by atoms with van der Waals surface area (Å²) in [5.41, 5.74) is 0.0910. The molecule has 0 aliphatic heterocycles. The molecule has 1 aromatic heterocycles. The standard InChI is InChI=1S/C14H11F6NO3/c1-22-10-5-7-8(6-11(10)23-2)21-4-3-9(7)24-12(13(15,16)17)14(18,19)20/h3-6,12H,1-2H3. The quantitative estimate of drug-likeness (QED) is 0.774. The van der Waals surface area contributed by atoms with Gasteiger partial charge in [-0.15, -0.1) is 0 Å². The van der Waals surface area contributed by atoms with Crippen LogP contribution in [-0.2, 0) is 0 Å². The van der Waals surface area contributed by atoms with Crippen molar-refractivity contribution < 1.29 is 40.6 Å². The number of pyridine rings is 1. The molecule has 0 saturated heterocycles. The smallest absolute Gasteiger partial charge is 0.434 e. The zero-order valence-corrected chi connectivity index (χ0v) is 12.3. The highest BCUT2D eigenvalue weighted by Gasteiger charge is 2.59. The predicted octanol–water partition coefficient (Wildman–Crippen LogP) is 4.12. The third-order valence-corrected chi connectivity index (χ3v) is 3.05. The molecule has 0 N–H and O–H groups in total. The first-order chi connectivity index (χ1) is 11.1. The fraction of sp³-hybridized carbons (Fsp3) is 0.357. The summed E-state index contributed by atoms with van der Waals surface area (Å²) < 4.78 is 90.2. The molecule has 2 aromatic rings. The monoisotopic (exact) mass is 355 g/mol. The van der Waals surface area contributed by atoms with Gasteiger partial charge in [0.1, 0.15) is 5.75 Å². The minimum atomic E-state index is -5.62. The van der Waals surface area contributed by atoms with Gasteiger partial charge in [0.15, 0.2) is 11.5 Å². The van der Waals surface area contributed by atoms with E-state index in [2.05, 4.69) is 9.72 Å². The fourth-order valence-electron chi connectivity index (χ4n) is 2.00. The molecule has 0 bridgehead atoms. The van der Waals surface area contributed by atoms with E-state index in [0.29, 0.717) is 0 Å². The number of aromatic nitrogens is 1. The van der Waals surface area contributed by atoms with E-state index in [9.17, 15) is 26.3 Å². The minimum absolute atomic E-state index is 0.0753. The van der Waals surface area contributed by atoms with Gasteiger partial charge in [0.25, 0.3) is 6.10 Å². The number of rotatable bonds is 4. The molecule has 132 valence electrons. The first kappa shape index (κ1) is 18.0. The SMILES string of the molecule is COc1cc2nccc(OC(C(F)(F)F)C(F)(F)F)c2cc1OC. The van der Waals surface area contributed by atoms with Crippen molar-refractivity contribution >= 4 is 10.9 Å². The Hall–Kier alpha value is -2.39. The number of alkyl halides is 6. The molecule has 0 atom stereocenters. The van der Waals surface area contributed by atoms with Crippen LogP contribution in [0.1, 0.15) is 0 Å². The zero-order chi connectivity index (χ0) is 18.1. The van der Waals surface area contributed by atoms with Crippen LogP contribution >= 0.6 is 0 Å². The molecule has 10 heteroatoms. The second-order valence-electron chi connectivity index (χ2n) is 4.61. The summed E-state index contributed by atoms with van der Waals surface area (Å²) in [4.78, 5) is 3.88. The van der Waals surface area contributed by atoms with Crippen LogP contribution in [0.4, 0.5) is 26.3 Å². The van der Waals surface area contributed by atoms with Crippen molar-refractivity contribution in [3.8, 4) is 17.2 Å². The van der Waals surface area contributed by atoms with E-state index in [1.165, 1.54) is 26.4 Å². The number of hydrogen-bond acceptors (Lipinski definition) is 4. The van der Waals surface area contributed by atoms with Crippen LogP contribution in [0.25, 0.3) is 10.9 Å². The molecule has 4 nitrogen and oxygen atoms in total. The number of benzene rings is 1. The Labute approximate surface area is 131 Å². The molecule has 0 spiro atoms. The van der Waals surface area contributed by atoms with Crippen LogP contribution in [0.3, 0.4) is 0 Å². The molecule has 0 saturated carbocycles. The largest absolute Gasteiger partial charge is 0.493 e. The number of halogens is 6. The number of fused-ring (bicyclic) bond motifs is 1. The van der Waals surface area contributed by atoms with Gasteiger partial charge in [-0.3, -0.25) is 4.98 Å². The first-order valence-electron chi connectivity index (χ1n) is 6.38. The van der Waals surface area contributed by atoms with Gasteiger partial charge in [0, 0.05) is 17.6 Å². The third kappa shape index (κ3) is 3.57. The van der Waals surface area contributed by atoms with Gasteiger partial charge >= 0.3 is 12.4 Å². The summed E-state index contributed by atoms with van der Waals surface area (Å²) in [5.74, 6) is -0.295. The minimum Gasteiger partial charge on any atom is -0.493 e. The van der Waals surface area contributed by atoms with Crippen molar-refractivity contribution in [2.24, 2.45) is 0 Å². The maximum Gasteiger partial charge on any atom is 0.434 e. The van der Waals surface area contributed by atoms with E-state index >= 15 is 0 Å². The van der Waals surface area contributed by atoms with Gasteiger partial charge in [0.05, 0.1) is 19.7 Å². The second-order valence-corrected chi connectivity index (χ2v) is 4.61. The molecule has 0 unspecified atom stereocenters. The van der Waals surface area contributed by atoms with Crippen LogP contribution in [-0.4, -0.2) is 37.7 Å². The first-order valence-corrected chi connectivity index (χ1v) is 6.38. The number of nitrogens with zero attached hydrogens (tertiary/aromatic N) is 1. The van der Waals surface area contributed by atoms with Gasteiger partial charge in [0.2, 0.25) is 0 Å². The van der Waals surface area contributed by atoms with Crippen LogP contribution in [0, 0.1) is 0 Å². The highest BCUT2D eigenvalue weighted by molar-refractivity contribution is 5.88. The highest BCUT2D eigenvalue weighted by Crippen LogP contribution is 2.40. The Bertz CT molecular complexity index is 715. The lowest BCUT2D eigenvalue weighted by molar-refractivity contribution is -0.299. The van der Waals surface area contributed by atoms with Crippen LogP contribution in [0.15, 0.2) is 24.4 Å². The third-order valence-electron chi connectivity index (χ3n) is 3.05. The summed E-state index contributed by atoms with van der Waals surface area (Å²) in [6, 6.07) is 3.43.